The second kappa shape index (κ2) is 9.23. The van der Waals surface area contributed by atoms with E-state index >= 15 is 0 Å². The van der Waals surface area contributed by atoms with Crippen molar-refractivity contribution >= 4 is 23.2 Å². The van der Waals surface area contributed by atoms with Crippen LogP contribution in [0.5, 0.6) is 0 Å². The predicted octanol–water partition coefficient (Wildman–Crippen LogP) is 3.31. The third-order valence-electron chi connectivity index (χ3n) is 3.58. The molecular formula is C19H24N2O2S. The molecule has 1 heterocycles. The van der Waals surface area contributed by atoms with E-state index in [1.54, 1.807) is 11.3 Å². The summed E-state index contributed by atoms with van der Waals surface area (Å²) in [7, 11) is 0. The van der Waals surface area contributed by atoms with Crippen LogP contribution in [0.1, 0.15) is 36.8 Å². The molecule has 128 valence electrons. The minimum absolute atomic E-state index is 0.00326. The largest absolute Gasteiger partial charge is 0.347 e. The molecule has 0 bridgehead atoms. The summed E-state index contributed by atoms with van der Waals surface area (Å²) in [6.45, 7) is 4.27. The van der Waals surface area contributed by atoms with Crippen molar-refractivity contribution in [1.29, 1.82) is 0 Å². The number of hydrogen-bond donors (Lipinski definition) is 2. The minimum atomic E-state index is -0.157. The van der Waals surface area contributed by atoms with Crippen molar-refractivity contribution in [2.24, 2.45) is 5.92 Å². The van der Waals surface area contributed by atoms with Crippen molar-refractivity contribution in [3.8, 4) is 0 Å². The van der Waals surface area contributed by atoms with Crippen LogP contribution in [0.3, 0.4) is 0 Å². The predicted molar refractivity (Wildman–Crippen MR) is 97.8 cm³/mol. The molecule has 1 aromatic carbocycles. The van der Waals surface area contributed by atoms with E-state index in [1.165, 1.54) is 0 Å². The zero-order valence-corrected chi connectivity index (χ0v) is 14.9. The summed E-state index contributed by atoms with van der Waals surface area (Å²) >= 11 is 1.64. The van der Waals surface area contributed by atoms with Gasteiger partial charge in [0.2, 0.25) is 11.8 Å². The Labute approximate surface area is 147 Å². The second-order valence-corrected chi connectivity index (χ2v) is 7.18. The van der Waals surface area contributed by atoms with E-state index in [9.17, 15) is 9.59 Å². The van der Waals surface area contributed by atoms with Gasteiger partial charge < -0.3 is 10.6 Å². The Hall–Kier alpha value is -2.14. The summed E-state index contributed by atoms with van der Waals surface area (Å²) in [5, 5.41) is 7.72. The van der Waals surface area contributed by atoms with Gasteiger partial charge in [-0.25, -0.2) is 0 Å². The van der Waals surface area contributed by atoms with E-state index in [1.807, 2.05) is 47.8 Å². The van der Waals surface area contributed by atoms with Gasteiger partial charge >= 0.3 is 0 Å². The summed E-state index contributed by atoms with van der Waals surface area (Å²) in [5.41, 5.74) is 0.937. The Morgan fingerprint density at radius 1 is 1.04 bits per heavy atom. The molecule has 2 N–H and O–H groups in total. The first-order chi connectivity index (χ1) is 11.5. The molecule has 1 atom stereocenters. The van der Waals surface area contributed by atoms with Crippen LogP contribution in [0.25, 0.3) is 0 Å². The van der Waals surface area contributed by atoms with E-state index in [-0.39, 0.29) is 30.8 Å². The number of rotatable bonds is 8. The van der Waals surface area contributed by atoms with Crippen LogP contribution >= 0.6 is 11.3 Å². The molecule has 0 saturated heterocycles. The quantitative estimate of drug-likeness (QED) is 0.772. The van der Waals surface area contributed by atoms with Crippen molar-refractivity contribution in [3.05, 3.63) is 58.3 Å². The molecule has 2 aromatic rings. The van der Waals surface area contributed by atoms with Crippen molar-refractivity contribution in [1.82, 2.24) is 10.6 Å². The Balaban J connectivity index is 1.81. The van der Waals surface area contributed by atoms with Crippen LogP contribution in [0.2, 0.25) is 0 Å². The maximum absolute atomic E-state index is 12.2. The normalized spacial score (nSPS) is 12.0. The van der Waals surface area contributed by atoms with Gasteiger partial charge in [0.15, 0.2) is 0 Å². The molecule has 0 aliphatic heterocycles. The molecular weight excluding hydrogens is 320 g/mol. The van der Waals surface area contributed by atoms with Crippen molar-refractivity contribution < 1.29 is 9.59 Å². The molecule has 2 amide bonds. The smallest absolute Gasteiger partial charge is 0.239 e. The van der Waals surface area contributed by atoms with Crippen LogP contribution < -0.4 is 10.6 Å². The number of benzene rings is 1. The Morgan fingerprint density at radius 3 is 2.42 bits per heavy atom. The van der Waals surface area contributed by atoms with Crippen LogP contribution in [-0.2, 0) is 16.0 Å². The minimum Gasteiger partial charge on any atom is -0.347 e. The van der Waals surface area contributed by atoms with Gasteiger partial charge in [-0.1, -0.05) is 50.2 Å². The summed E-state index contributed by atoms with van der Waals surface area (Å²) < 4.78 is 0. The lowest BCUT2D eigenvalue weighted by molar-refractivity contribution is -0.126. The van der Waals surface area contributed by atoms with Gasteiger partial charge in [-0.3, -0.25) is 9.59 Å². The van der Waals surface area contributed by atoms with Gasteiger partial charge in [0, 0.05) is 4.88 Å². The van der Waals surface area contributed by atoms with E-state index in [2.05, 4.69) is 24.5 Å². The molecule has 1 aromatic heterocycles. The van der Waals surface area contributed by atoms with E-state index in [0.717, 1.165) is 16.9 Å². The second-order valence-electron chi connectivity index (χ2n) is 6.20. The number of hydrogen-bond acceptors (Lipinski definition) is 3. The van der Waals surface area contributed by atoms with Gasteiger partial charge in [-0.2, -0.15) is 0 Å². The van der Waals surface area contributed by atoms with E-state index in [4.69, 9.17) is 0 Å². The fourth-order valence-corrected chi connectivity index (χ4v) is 3.27. The van der Waals surface area contributed by atoms with Gasteiger partial charge in [0.25, 0.3) is 0 Å². The van der Waals surface area contributed by atoms with Crippen LogP contribution in [0.4, 0.5) is 0 Å². The zero-order chi connectivity index (χ0) is 17.4. The first-order valence-electron chi connectivity index (χ1n) is 8.18. The standard InChI is InChI=1S/C19H24N2O2S/c1-14(2)11-16(17-9-6-10-24-17)21-19(23)13-20-18(22)12-15-7-4-3-5-8-15/h3-10,14,16H,11-13H2,1-2H3,(H,20,22)(H,21,23)/t16-/m1/s1. The van der Waals surface area contributed by atoms with E-state index in [0.29, 0.717) is 5.92 Å². The molecule has 0 radical (unpaired) electrons. The highest BCUT2D eigenvalue weighted by atomic mass is 32.1. The van der Waals surface area contributed by atoms with Crippen LogP contribution in [0, 0.1) is 5.92 Å². The third-order valence-corrected chi connectivity index (χ3v) is 4.57. The highest BCUT2D eigenvalue weighted by molar-refractivity contribution is 7.10. The maximum Gasteiger partial charge on any atom is 0.239 e. The number of nitrogens with one attached hydrogen (secondary N) is 2. The van der Waals surface area contributed by atoms with Crippen molar-refractivity contribution in [2.45, 2.75) is 32.7 Å². The van der Waals surface area contributed by atoms with Crippen LogP contribution in [0.15, 0.2) is 47.8 Å². The molecule has 0 saturated carbocycles. The van der Waals surface area contributed by atoms with Crippen molar-refractivity contribution in [3.63, 3.8) is 0 Å². The summed E-state index contributed by atoms with van der Waals surface area (Å²) in [4.78, 5) is 25.2. The number of carbonyl (C=O) groups is 2. The van der Waals surface area contributed by atoms with Gasteiger partial charge in [0.1, 0.15) is 0 Å². The lowest BCUT2D eigenvalue weighted by Crippen LogP contribution is -2.39. The topological polar surface area (TPSA) is 58.2 Å². The zero-order valence-electron chi connectivity index (χ0n) is 14.1. The molecule has 0 aliphatic rings. The lowest BCUT2D eigenvalue weighted by atomic mass is 10.0. The third kappa shape index (κ3) is 6.16. The van der Waals surface area contributed by atoms with Crippen LogP contribution in [-0.4, -0.2) is 18.4 Å². The Kier molecular flexibility index (Phi) is 7.00. The molecule has 0 fully saturated rings. The number of amides is 2. The number of carbonyl (C=O) groups excluding carboxylic acids is 2. The van der Waals surface area contributed by atoms with E-state index < -0.39 is 0 Å². The average molecular weight is 344 g/mol. The first kappa shape index (κ1) is 18.2. The Morgan fingerprint density at radius 2 is 1.79 bits per heavy atom. The first-order valence-corrected chi connectivity index (χ1v) is 9.06. The van der Waals surface area contributed by atoms with Gasteiger partial charge in [-0.15, -0.1) is 11.3 Å². The lowest BCUT2D eigenvalue weighted by Gasteiger charge is -2.19. The SMILES string of the molecule is CC(C)C[C@@H](NC(=O)CNC(=O)Cc1ccccc1)c1cccs1. The molecule has 0 spiro atoms. The average Bonchev–Trinajstić information content (AvgIpc) is 3.07. The summed E-state index contributed by atoms with van der Waals surface area (Å²) in [5.74, 6) is 0.174. The molecule has 24 heavy (non-hydrogen) atoms. The maximum atomic E-state index is 12.2. The molecule has 4 nitrogen and oxygen atoms in total. The van der Waals surface area contributed by atoms with Crippen molar-refractivity contribution in [2.75, 3.05) is 6.54 Å². The number of thiophene rings is 1. The monoisotopic (exact) mass is 344 g/mol. The summed E-state index contributed by atoms with van der Waals surface area (Å²) in [6, 6.07) is 13.5. The molecule has 0 unspecified atom stereocenters. The highest BCUT2D eigenvalue weighted by Crippen LogP contribution is 2.25. The van der Waals surface area contributed by atoms with Gasteiger partial charge in [-0.05, 0) is 29.3 Å². The fraction of sp³-hybridized carbons (Fsp3) is 0.368. The summed E-state index contributed by atoms with van der Waals surface area (Å²) in [6.07, 6.45) is 1.17. The molecule has 5 heteroatoms. The van der Waals surface area contributed by atoms with Gasteiger partial charge in [0.05, 0.1) is 19.0 Å². The highest BCUT2D eigenvalue weighted by Gasteiger charge is 2.17. The Bertz CT molecular complexity index is 639. The fourth-order valence-electron chi connectivity index (χ4n) is 2.48. The molecule has 0 aliphatic carbocycles. The molecule has 2 rings (SSSR count).